The van der Waals surface area contributed by atoms with Crippen LogP contribution in [0, 0.1) is 0 Å². The van der Waals surface area contributed by atoms with Gasteiger partial charge in [0.05, 0.1) is 23.7 Å². The minimum Gasteiger partial charge on any atom is -0.493 e. The van der Waals surface area contributed by atoms with Gasteiger partial charge in [0.1, 0.15) is 4.90 Å². The second-order valence-corrected chi connectivity index (χ2v) is 9.59. The largest absolute Gasteiger partial charge is 0.493 e. The molecule has 0 radical (unpaired) electrons. The Morgan fingerprint density at radius 1 is 1.07 bits per heavy atom. The Morgan fingerprint density at radius 3 is 2.36 bits per heavy atom. The van der Waals surface area contributed by atoms with Crippen molar-refractivity contribution in [2.75, 3.05) is 40.4 Å². The number of ether oxygens (including phenoxy) is 2. The van der Waals surface area contributed by atoms with Crippen molar-refractivity contribution in [3.05, 3.63) is 51.5 Å². The maximum atomic E-state index is 12.9. The Bertz CT molecular complexity index is 947. The van der Waals surface area contributed by atoms with Crippen molar-refractivity contribution in [2.24, 2.45) is 0 Å². The molecule has 1 aliphatic rings. The normalized spacial score (nSPS) is 16.1. The average molecular weight is 490 g/mol. The monoisotopic (exact) mass is 488 g/mol. The van der Waals surface area contributed by atoms with Gasteiger partial charge in [-0.3, -0.25) is 4.90 Å². The molecule has 0 unspecified atom stereocenters. The smallest absolute Gasteiger partial charge is 0.244 e. The molecular formula is C19H22BrClN2O4S. The highest BCUT2D eigenvalue weighted by Gasteiger charge is 2.30. The maximum Gasteiger partial charge on any atom is 0.244 e. The van der Waals surface area contributed by atoms with Crippen LogP contribution in [0.5, 0.6) is 11.5 Å². The number of halogens is 2. The summed E-state index contributed by atoms with van der Waals surface area (Å²) in [4.78, 5) is 2.38. The predicted molar refractivity (Wildman–Crippen MR) is 113 cm³/mol. The molecule has 0 aromatic heterocycles. The summed E-state index contributed by atoms with van der Waals surface area (Å²) < 4.78 is 38.8. The third kappa shape index (κ3) is 4.46. The van der Waals surface area contributed by atoms with Crippen molar-refractivity contribution in [3.63, 3.8) is 0 Å². The molecule has 1 aliphatic heterocycles. The van der Waals surface area contributed by atoms with Crippen LogP contribution in [-0.4, -0.2) is 58.0 Å². The van der Waals surface area contributed by atoms with Gasteiger partial charge in [-0.25, -0.2) is 8.42 Å². The number of rotatable bonds is 6. The van der Waals surface area contributed by atoms with E-state index in [9.17, 15) is 8.42 Å². The molecule has 28 heavy (non-hydrogen) atoms. The predicted octanol–water partition coefficient (Wildman–Crippen LogP) is 3.63. The number of methoxy groups -OCH3 is 2. The highest BCUT2D eigenvalue weighted by molar-refractivity contribution is 9.10. The average Bonchev–Trinajstić information content (AvgIpc) is 2.68. The topological polar surface area (TPSA) is 59.1 Å². The van der Waals surface area contributed by atoms with E-state index in [0.29, 0.717) is 44.2 Å². The molecule has 0 N–H and O–H groups in total. The van der Waals surface area contributed by atoms with E-state index in [1.54, 1.807) is 38.5 Å². The molecule has 0 atom stereocenters. The third-order valence-corrected chi connectivity index (χ3v) is 7.67. The molecule has 6 nitrogen and oxygen atoms in total. The lowest BCUT2D eigenvalue weighted by molar-refractivity contribution is 0.181. The van der Waals surface area contributed by atoms with E-state index in [0.717, 1.165) is 10.0 Å². The van der Waals surface area contributed by atoms with Gasteiger partial charge in [-0.2, -0.15) is 4.31 Å². The van der Waals surface area contributed by atoms with Gasteiger partial charge in [-0.1, -0.05) is 23.7 Å². The summed E-state index contributed by atoms with van der Waals surface area (Å²) in [5.41, 5.74) is 1.06. The zero-order chi connectivity index (χ0) is 20.3. The van der Waals surface area contributed by atoms with E-state index in [4.69, 9.17) is 21.1 Å². The van der Waals surface area contributed by atoms with Gasteiger partial charge in [-0.15, -0.1) is 0 Å². The molecule has 0 bridgehead atoms. The van der Waals surface area contributed by atoms with Crippen molar-refractivity contribution in [3.8, 4) is 11.5 Å². The summed E-state index contributed by atoms with van der Waals surface area (Å²) in [7, 11) is -0.383. The minimum absolute atomic E-state index is 0.161. The Balaban J connectivity index is 1.68. The molecule has 9 heteroatoms. The van der Waals surface area contributed by atoms with Gasteiger partial charge in [-0.05, 0) is 45.8 Å². The first-order valence-electron chi connectivity index (χ1n) is 8.74. The molecule has 3 rings (SSSR count). The Morgan fingerprint density at radius 2 is 1.75 bits per heavy atom. The first-order chi connectivity index (χ1) is 13.4. The van der Waals surface area contributed by atoms with Gasteiger partial charge < -0.3 is 9.47 Å². The van der Waals surface area contributed by atoms with Gasteiger partial charge in [0.15, 0.2) is 11.5 Å². The minimum atomic E-state index is -3.58. The lowest BCUT2D eigenvalue weighted by atomic mass is 10.1. The van der Waals surface area contributed by atoms with Crippen molar-refractivity contribution in [2.45, 2.75) is 11.4 Å². The van der Waals surface area contributed by atoms with Crippen molar-refractivity contribution < 1.29 is 17.9 Å². The van der Waals surface area contributed by atoms with Crippen LogP contribution >= 0.6 is 27.5 Å². The van der Waals surface area contributed by atoms with Gasteiger partial charge in [0, 0.05) is 32.7 Å². The molecular weight excluding hydrogens is 468 g/mol. The first-order valence-corrected chi connectivity index (χ1v) is 11.4. The second kappa shape index (κ2) is 9.00. The summed E-state index contributed by atoms with van der Waals surface area (Å²) >= 11 is 9.60. The first kappa shape index (κ1) is 21.4. The van der Waals surface area contributed by atoms with Crippen LogP contribution in [0.15, 0.2) is 45.8 Å². The van der Waals surface area contributed by atoms with E-state index in [1.165, 1.54) is 4.31 Å². The standard InChI is InChI=1S/C19H22BrClN2O4S/c1-26-17-12-14(11-15(20)19(17)27-2)13-22-7-9-23(10-8-22)28(24,25)18-6-4-3-5-16(18)21/h3-6,11-12H,7-10,13H2,1-2H3. The van der Waals surface area contributed by atoms with Crippen LogP contribution in [-0.2, 0) is 16.6 Å². The van der Waals surface area contributed by atoms with E-state index in [-0.39, 0.29) is 9.92 Å². The van der Waals surface area contributed by atoms with Crippen LogP contribution in [0.1, 0.15) is 5.56 Å². The zero-order valence-electron chi connectivity index (χ0n) is 15.7. The highest BCUT2D eigenvalue weighted by atomic mass is 79.9. The molecule has 1 heterocycles. The van der Waals surface area contributed by atoms with Crippen molar-refractivity contribution in [1.82, 2.24) is 9.21 Å². The van der Waals surface area contributed by atoms with Crippen molar-refractivity contribution in [1.29, 1.82) is 0 Å². The van der Waals surface area contributed by atoms with Gasteiger partial charge in [0.25, 0.3) is 0 Å². The van der Waals surface area contributed by atoms with Crippen LogP contribution in [0.2, 0.25) is 5.02 Å². The van der Waals surface area contributed by atoms with E-state index < -0.39 is 10.0 Å². The van der Waals surface area contributed by atoms with E-state index >= 15 is 0 Å². The number of hydrogen-bond acceptors (Lipinski definition) is 5. The fourth-order valence-electron chi connectivity index (χ4n) is 3.24. The molecule has 2 aromatic carbocycles. The Hall–Kier alpha value is -1.32. The molecule has 0 saturated carbocycles. The molecule has 1 saturated heterocycles. The zero-order valence-corrected chi connectivity index (χ0v) is 18.8. The Kier molecular flexibility index (Phi) is 6.88. The van der Waals surface area contributed by atoms with Crippen LogP contribution in [0.25, 0.3) is 0 Å². The van der Waals surface area contributed by atoms with Crippen LogP contribution < -0.4 is 9.47 Å². The maximum absolute atomic E-state index is 12.9. The van der Waals surface area contributed by atoms with Crippen LogP contribution in [0.4, 0.5) is 0 Å². The fourth-order valence-corrected chi connectivity index (χ4v) is 5.81. The molecule has 0 spiro atoms. The number of hydrogen-bond donors (Lipinski definition) is 0. The molecule has 0 amide bonds. The second-order valence-electron chi connectivity index (χ2n) is 6.42. The van der Waals surface area contributed by atoms with Gasteiger partial charge in [0.2, 0.25) is 10.0 Å². The molecule has 2 aromatic rings. The Labute approximate surface area is 179 Å². The van der Waals surface area contributed by atoms with Gasteiger partial charge >= 0.3 is 0 Å². The lowest BCUT2D eigenvalue weighted by Crippen LogP contribution is -2.48. The summed E-state index contributed by atoms with van der Waals surface area (Å²) in [5, 5.41) is 0.250. The summed E-state index contributed by atoms with van der Waals surface area (Å²) in [6, 6.07) is 10.5. The van der Waals surface area contributed by atoms with Crippen LogP contribution in [0.3, 0.4) is 0 Å². The number of benzene rings is 2. The SMILES string of the molecule is COc1cc(CN2CCN(S(=O)(=O)c3ccccc3Cl)CC2)cc(Br)c1OC. The summed E-state index contributed by atoms with van der Waals surface area (Å²) in [6.45, 7) is 2.80. The van der Waals surface area contributed by atoms with E-state index in [2.05, 4.69) is 20.8 Å². The summed E-state index contributed by atoms with van der Waals surface area (Å²) in [6.07, 6.45) is 0. The van der Waals surface area contributed by atoms with Crippen molar-refractivity contribution >= 4 is 37.6 Å². The third-order valence-electron chi connectivity index (χ3n) is 4.69. The quantitative estimate of drug-likeness (QED) is 0.620. The molecule has 1 fully saturated rings. The lowest BCUT2D eigenvalue weighted by Gasteiger charge is -2.34. The van der Waals surface area contributed by atoms with E-state index in [1.807, 2.05) is 12.1 Å². The molecule has 0 aliphatic carbocycles. The fraction of sp³-hybridized carbons (Fsp3) is 0.368. The number of piperazine rings is 1. The number of sulfonamides is 1. The summed E-state index contributed by atoms with van der Waals surface area (Å²) in [5.74, 6) is 1.31. The molecule has 152 valence electrons. The highest BCUT2D eigenvalue weighted by Crippen LogP contribution is 2.36. The number of nitrogens with zero attached hydrogens (tertiary/aromatic N) is 2.